The van der Waals surface area contributed by atoms with Gasteiger partial charge in [-0.05, 0) is 37.0 Å². The molecule has 1 fully saturated rings. The molecule has 0 aromatic carbocycles. The molecule has 1 aliphatic carbocycles. The maximum Gasteiger partial charge on any atom is -0.0348 e. The van der Waals surface area contributed by atoms with Crippen molar-refractivity contribution in [3.05, 3.63) is 0 Å². The van der Waals surface area contributed by atoms with Crippen LogP contribution < -0.4 is 0 Å². The molecule has 0 nitrogen and oxygen atoms in total. The van der Waals surface area contributed by atoms with E-state index in [2.05, 4.69) is 18.5 Å². The molecule has 1 saturated carbocycles. The van der Waals surface area contributed by atoms with Gasteiger partial charge in [-0.15, -0.1) is 18.5 Å². The van der Waals surface area contributed by atoms with Crippen molar-refractivity contribution in [2.45, 2.75) is 25.7 Å². The highest BCUT2D eigenvalue weighted by Crippen LogP contribution is 2.32. The smallest absolute Gasteiger partial charge is 0.0348 e. The highest BCUT2D eigenvalue weighted by atomic mass is 31.0. The van der Waals surface area contributed by atoms with Gasteiger partial charge in [-0.25, -0.2) is 0 Å². The normalized spacial score (nSPS) is 34.2. The van der Waals surface area contributed by atoms with Crippen LogP contribution in [0.1, 0.15) is 25.7 Å². The van der Waals surface area contributed by atoms with Crippen LogP contribution in [0.5, 0.6) is 0 Å². The summed E-state index contributed by atoms with van der Waals surface area (Å²) in [6, 6.07) is 0. The van der Waals surface area contributed by atoms with Crippen molar-refractivity contribution in [3.63, 3.8) is 0 Å². The average molecular weight is 176 g/mol. The van der Waals surface area contributed by atoms with E-state index < -0.39 is 0 Å². The van der Waals surface area contributed by atoms with Crippen molar-refractivity contribution < 1.29 is 0 Å². The van der Waals surface area contributed by atoms with Crippen LogP contribution in [0, 0.1) is 11.8 Å². The van der Waals surface area contributed by atoms with Gasteiger partial charge >= 0.3 is 0 Å². The van der Waals surface area contributed by atoms with Crippen LogP contribution in [0.2, 0.25) is 0 Å². The van der Waals surface area contributed by atoms with Crippen molar-refractivity contribution >= 4 is 18.5 Å². The van der Waals surface area contributed by atoms with E-state index in [1.165, 1.54) is 38.0 Å². The van der Waals surface area contributed by atoms with Gasteiger partial charge in [-0.3, -0.25) is 0 Å². The SMILES string of the molecule is PC[C@H]1CCCC[C@@H]1CP. The summed E-state index contributed by atoms with van der Waals surface area (Å²) >= 11 is 0. The topological polar surface area (TPSA) is 0 Å². The molecule has 1 rings (SSSR count). The van der Waals surface area contributed by atoms with E-state index in [1.807, 2.05) is 0 Å². The molecular formula is C8H18P2. The Kier molecular flexibility index (Phi) is 4.19. The molecule has 10 heavy (non-hydrogen) atoms. The summed E-state index contributed by atoms with van der Waals surface area (Å²) in [5.41, 5.74) is 0. The van der Waals surface area contributed by atoms with Crippen molar-refractivity contribution in [1.29, 1.82) is 0 Å². The zero-order chi connectivity index (χ0) is 7.40. The largest absolute Gasteiger partial charge is 0.137 e. The van der Waals surface area contributed by atoms with Gasteiger partial charge in [0.1, 0.15) is 0 Å². The van der Waals surface area contributed by atoms with Gasteiger partial charge in [-0.1, -0.05) is 12.8 Å². The Bertz CT molecular complexity index is 81.3. The monoisotopic (exact) mass is 176 g/mol. The molecular weight excluding hydrogens is 158 g/mol. The molecule has 0 aromatic rings. The number of hydrogen-bond donors (Lipinski definition) is 0. The van der Waals surface area contributed by atoms with Gasteiger partial charge in [0, 0.05) is 0 Å². The van der Waals surface area contributed by atoms with Crippen LogP contribution in [0.4, 0.5) is 0 Å². The molecule has 0 spiro atoms. The second-order valence-corrected chi connectivity index (χ2v) is 4.22. The minimum atomic E-state index is 1.01. The van der Waals surface area contributed by atoms with Crippen LogP contribution in [-0.4, -0.2) is 12.3 Å². The van der Waals surface area contributed by atoms with E-state index in [-0.39, 0.29) is 0 Å². The molecule has 0 saturated heterocycles. The Labute approximate surface area is 68.9 Å². The lowest BCUT2D eigenvalue weighted by molar-refractivity contribution is 0.287. The fourth-order valence-corrected chi connectivity index (χ4v) is 3.15. The van der Waals surface area contributed by atoms with Gasteiger partial charge < -0.3 is 0 Å². The zero-order valence-electron chi connectivity index (χ0n) is 6.55. The van der Waals surface area contributed by atoms with Crippen LogP contribution in [0.25, 0.3) is 0 Å². The van der Waals surface area contributed by atoms with Crippen LogP contribution >= 0.6 is 18.5 Å². The zero-order valence-corrected chi connectivity index (χ0v) is 8.86. The van der Waals surface area contributed by atoms with E-state index in [0.717, 1.165) is 11.8 Å². The second-order valence-electron chi connectivity index (χ2n) is 3.28. The first-order chi connectivity index (χ1) is 4.88. The Morgan fingerprint density at radius 2 is 1.30 bits per heavy atom. The predicted molar refractivity (Wildman–Crippen MR) is 54.6 cm³/mol. The fraction of sp³-hybridized carbons (Fsp3) is 1.00. The van der Waals surface area contributed by atoms with Crippen molar-refractivity contribution in [2.24, 2.45) is 11.8 Å². The molecule has 0 N–H and O–H groups in total. The molecule has 0 aromatic heterocycles. The predicted octanol–water partition coefficient (Wildman–Crippen LogP) is 2.54. The Morgan fingerprint density at radius 1 is 0.900 bits per heavy atom. The molecule has 0 heterocycles. The molecule has 2 unspecified atom stereocenters. The quantitative estimate of drug-likeness (QED) is 0.567. The Morgan fingerprint density at radius 3 is 1.60 bits per heavy atom. The van der Waals surface area contributed by atoms with Crippen LogP contribution in [0.15, 0.2) is 0 Å². The summed E-state index contributed by atoms with van der Waals surface area (Å²) in [5.74, 6) is 2.02. The summed E-state index contributed by atoms with van der Waals surface area (Å²) in [6.07, 6.45) is 8.53. The minimum Gasteiger partial charge on any atom is -0.137 e. The van der Waals surface area contributed by atoms with Crippen molar-refractivity contribution in [2.75, 3.05) is 12.3 Å². The van der Waals surface area contributed by atoms with Gasteiger partial charge in [0.25, 0.3) is 0 Å². The lowest BCUT2D eigenvalue weighted by Crippen LogP contribution is -2.21. The van der Waals surface area contributed by atoms with E-state index >= 15 is 0 Å². The van der Waals surface area contributed by atoms with Gasteiger partial charge in [0.15, 0.2) is 0 Å². The first kappa shape index (κ1) is 8.95. The summed E-state index contributed by atoms with van der Waals surface area (Å²) in [6.45, 7) is 0. The molecule has 1 aliphatic rings. The standard InChI is InChI=1S/C8H18P2/c9-5-7-3-1-2-4-8(7)6-10/h7-8H,1-6,9-10H2/t7-,8-/m1/s1. The Balaban J connectivity index is 2.34. The van der Waals surface area contributed by atoms with Crippen molar-refractivity contribution in [1.82, 2.24) is 0 Å². The molecule has 0 amide bonds. The van der Waals surface area contributed by atoms with Crippen molar-refractivity contribution in [3.8, 4) is 0 Å². The molecule has 2 heteroatoms. The lowest BCUT2D eigenvalue weighted by Gasteiger charge is -2.29. The first-order valence-electron chi connectivity index (χ1n) is 4.28. The summed E-state index contributed by atoms with van der Waals surface area (Å²) in [4.78, 5) is 0. The summed E-state index contributed by atoms with van der Waals surface area (Å²) < 4.78 is 0. The molecule has 0 aliphatic heterocycles. The van der Waals surface area contributed by atoms with Gasteiger partial charge in [0.05, 0.1) is 0 Å². The molecule has 0 radical (unpaired) electrons. The second kappa shape index (κ2) is 4.68. The molecule has 4 atom stereocenters. The number of rotatable bonds is 2. The maximum atomic E-state index is 2.89. The van der Waals surface area contributed by atoms with E-state index in [0.29, 0.717) is 0 Å². The highest BCUT2D eigenvalue weighted by molar-refractivity contribution is 7.16. The van der Waals surface area contributed by atoms with E-state index in [9.17, 15) is 0 Å². The van der Waals surface area contributed by atoms with Crippen LogP contribution in [0.3, 0.4) is 0 Å². The highest BCUT2D eigenvalue weighted by Gasteiger charge is 2.21. The lowest BCUT2D eigenvalue weighted by atomic mass is 9.81. The third-order valence-electron chi connectivity index (χ3n) is 2.67. The first-order valence-corrected chi connectivity index (χ1v) is 5.92. The molecule has 60 valence electrons. The summed E-state index contributed by atoms with van der Waals surface area (Å²) in [7, 11) is 5.78. The van der Waals surface area contributed by atoms with Gasteiger partial charge in [0.2, 0.25) is 0 Å². The minimum absolute atomic E-state index is 1.01. The third kappa shape index (κ3) is 2.18. The maximum absolute atomic E-state index is 2.89. The summed E-state index contributed by atoms with van der Waals surface area (Å²) in [5, 5.41) is 0. The van der Waals surface area contributed by atoms with Gasteiger partial charge in [-0.2, -0.15) is 0 Å². The fourth-order valence-electron chi connectivity index (χ4n) is 1.91. The third-order valence-corrected chi connectivity index (χ3v) is 3.88. The molecule has 0 bridgehead atoms. The number of hydrogen-bond acceptors (Lipinski definition) is 0. The van der Waals surface area contributed by atoms with Crippen LogP contribution in [-0.2, 0) is 0 Å². The van der Waals surface area contributed by atoms with E-state index in [1.54, 1.807) is 0 Å². The Hall–Kier alpha value is 0.860. The van der Waals surface area contributed by atoms with E-state index in [4.69, 9.17) is 0 Å². The average Bonchev–Trinajstić information content (AvgIpc) is 2.04.